The zero-order chi connectivity index (χ0) is 12.3. The Balaban J connectivity index is 0. The van der Waals surface area contributed by atoms with Crippen molar-refractivity contribution in [3.8, 4) is 0 Å². The second-order valence-electron chi connectivity index (χ2n) is 3.20. The van der Waals surface area contributed by atoms with E-state index in [9.17, 15) is 14.0 Å². The first-order valence-corrected chi connectivity index (χ1v) is 8.47. The smallest absolute Gasteiger partial charge is 0.777 e. The van der Waals surface area contributed by atoms with Gasteiger partial charge < -0.3 is 24.1 Å². The molecule has 0 aromatic rings. The minimum Gasteiger partial charge on any atom is -0.777 e. The maximum Gasteiger partial charge on any atom is 1.00 e. The molecule has 0 saturated carbocycles. The van der Waals surface area contributed by atoms with Crippen LogP contribution in [0.4, 0.5) is 0 Å². The van der Waals surface area contributed by atoms with E-state index >= 15 is 0 Å². The van der Waals surface area contributed by atoms with E-state index in [0.29, 0.717) is 18.2 Å². The third kappa shape index (κ3) is 5.51. The second kappa shape index (κ2) is 7.77. The van der Waals surface area contributed by atoms with Crippen molar-refractivity contribution < 1.29 is 80.1 Å². The first kappa shape index (κ1) is 20.6. The number of rotatable bonds is 6. The third-order valence-electron chi connectivity index (χ3n) is 1.94. The van der Waals surface area contributed by atoms with Crippen LogP contribution in [0.25, 0.3) is 0 Å². The van der Waals surface area contributed by atoms with Gasteiger partial charge in [0.15, 0.2) is 11.8 Å². The Morgan fingerprint density at radius 2 is 1.75 bits per heavy atom. The van der Waals surface area contributed by atoms with E-state index < -0.39 is 19.4 Å². The van der Waals surface area contributed by atoms with Gasteiger partial charge in [-0.25, -0.2) is 0 Å². The van der Waals surface area contributed by atoms with Gasteiger partial charge in [0.1, 0.15) is 0 Å². The van der Waals surface area contributed by atoms with Crippen LogP contribution in [0.3, 0.4) is 0 Å². The molecule has 2 unspecified atom stereocenters. The van der Waals surface area contributed by atoms with Crippen molar-refractivity contribution in [3.05, 3.63) is 0 Å². The van der Waals surface area contributed by atoms with E-state index in [2.05, 4.69) is 0 Å². The molecule has 0 aromatic carbocycles. The topological polar surface area (TPSA) is 118 Å². The molecule has 0 bridgehead atoms. The molecule has 16 heavy (non-hydrogen) atoms. The Morgan fingerprint density at radius 3 is 2.00 bits per heavy atom. The van der Waals surface area contributed by atoms with Gasteiger partial charge in [-0.3, -0.25) is 4.57 Å². The van der Waals surface area contributed by atoms with Gasteiger partial charge >= 0.3 is 59.0 Å². The first-order chi connectivity index (χ1) is 6.56. The fourth-order valence-electron chi connectivity index (χ4n) is 0.740. The van der Waals surface area contributed by atoms with Crippen LogP contribution in [0.2, 0.25) is 0 Å². The van der Waals surface area contributed by atoms with Crippen molar-refractivity contribution in [1.82, 2.24) is 0 Å². The van der Waals surface area contributed by atoms with Crippen LogP contribution in [0.1, 0.15) is 26.7 Å². The SMILES string of the molecule is CCCCSC(C)(P(=O)([O-])O)P(=O)(O)O.[K+]. The molecule has 6 nitrogen and oxygen atoms in total. The number of hydrogen-bond donors (Lipinski definition) is 3. The van der Waals surface area contributed by atoms with E-state index in [1.54, 1.807) is 0 Å². The summed E-state index contributed by atoms with van der Waals surface area (Å²) in [7, 11) is -10.0. The summed E-state index contributed by atoms with van der Waals surface area (Å²) in [5.41, 5.74) is 0. The Bertz CT molecular complexity index is 277. The fraction of sp³-hybridized carbons (Fsp3) is 1.00. The molecule has 0 radical (unpaired) electrons. The van der Waals surface area contributed by atoms with Crippen molar-refractivity contribution >= 4 is 27.0 Å². The zero-order valence-electron chi connectivity index (χ0n) is 9.49. The van der Waals surface area contributed by atoms with Crippen molar-refractivity contribution in [3.63, 3.8) is 0 Å². The Kier molecular flexibility index (Phi) is 10.0. The summed E-state index contributed by atoms with van der Waals surface area (Å²) in [6, 6.07) is 0. The van der Waals surface area contributed by atoms with E-state index in [4.69, 9.17) is 14.7 Å². The molecule has 0 rings (SSSR count). The summed E-state index contributed by atoms with van der Waals surface area (Å²) in [6.45, 7) is 2.72. The third-order valence-corrected chi connectivity index (χ3v) is 8.83. The van der Waals surface area contributed by atoms with Gasteiger partial charge in [0.2, 0.25) is 0 Å². The van der Waals surface area contributed by atoms with Crippen molar-refractivity contribution in [2.24, 2.45) is 0 Å². The molecule has 0 aromatic heterocycles. The molecule has 92 valence electrons. The standard InChI is InChI=1S/C6H16O6P2S.K/c1-3-4-5-15-6(2,13(7,8)9)14(10,11)12;/h3-5H2,1-2H3,(H2,7,8,9)(H2,10,11,12);/q;+1/p-1. The fourth-order valence-corrected chi connectivity index (χ4v) is 4.75. The monoisotopic (exact) mass is 316 g/mol. The van der Waals surface area contributed by atoms with Gasteiger partial charge in [0.05, 0.1) is 0 Å². The minimum absolute atomic E-state index is 0. The predicted molar refractivity (Wildman–Crippen MR) is 57.6 cm³/mol. The number of unbranched alkanes of at least 4 members (excludes halogenated alkanes) is 1. The minimum atomic E-state index is -5.10. The van der Waals surface area contributed by atoms with Gasteiger partial charge in [0, 0.05) is 0 Å². The number of thioether (sulfide) groups is 1. The van der Waals surface area contributed by atoms with Gasteiger partial charge in [-0.15, -0.1) is 11.8 Å². The molecule has 10 heteroatoms. The summed E-state index contributed by atoms with van der Waals surface area (Å²) in [6.07, 6.45) is 1.40. The van der Waals surface area contributed by atoms with E-state index in [1.807, 2.05) is 6.92 Å². The summed E-state index contributed by atoms with van der Waals surface area (Å²) >= 11 is 0.574. The van der Waals surface area contributed by atoms with E-state index in [-0.39, 0.29) is 57.1 Å². The quantitative estimate of drug-likeness (QED) is 0.292. The molecule has 2 atom stereocenters. The van der Waals surface area contributed by atoms with Crippen LogP contribution in [0, 0.1) is 0 Å². The molecule has 0 amide bonds. The molecule has 0 aliphatic heterocycles. The predicted octanol–water partition coefficient (Wildman–Crippen LogP) is -2.08. The van der Waals surface area contributed by atoms with Gasteiger partial charge in [-0.1, -0.05) is 13.3 Å². The van der Waals surface area contributed by atoms with Crippen LogP contribution in [0.15, 0.2) is 0 Å². The molecule has 0 heterocycles. The van der Waals surface area contributed by atoms with Crippen LogP contribution in [0.5, 0.6) is 0 Å². The molecule has 3 N–H and O–H groups in total. The van der Waals surface area contributed by atoms with Crippen LogP contribution in [-0.4, -0.2) is 24.7 Å². The number of hydrogen-bond acceptors (Lipinski definition) is 4. The molecule has 0 saturated heterocycles. The summed E-state index contributed by atoms with van der Waals surface area (Å²) in [5, 5.41) is 0. The Morgan fingerprint density at radius 1 is 1.31 bits per heavy atom. The average molecular weight is 316 g/mol. The van der Waals surface area contributed by atoms with Gasteiger partial charge in [-0.05, 0) is 19.1 Å². The zero-order valence-corrected chi connectivity index (χ0v) is 15.2. The molecular weight excluding hydrogens is 301 g/mol. The van der Waals surface area contributed by atoms with Crippen LogP contribution < -0.4 is 56.3 Å². The van der Waals surface area contributed by atoms with Crippen molar-refractivity contribution in [2.75, 3.05) is 5.75 Å². The molecule has 0 aliphatic carbocycles. The average Bonchev–Trinajstić information content (AvgIpc) is 2.00. The first-order valence-electron chi connectivity index (χ1n) is 4.29. The second-order valence-corrected chi connectivity index (χ2v) is 9.59. The summed E-state index contributed by atoms with van der Waals surface area (Å²) in [5.74, 6) is 0.269. The molecule has 0 fully saturated rings. The Labute approximate surface area is 142 Å². The molecular formula is C6H15KO6P2S. The normalized spacial score (nSPS) is 19.4. The van der Waals surface area contributed by atoms with Crippen molar-refractivity contribution in [2.45, 2.75) is 30.9 Å². The maximum absolute atomic E-state index is 11.0. The summed E-state index contributed by atoms with van der Waals surface area (Å²) in [4.78, 5) is 37.7. The van der Waals surface area contributed by atoms with Gasteiger partial charge in [0.25, 0.3) is 0 Å². The molecule has 0 spiro atoms. The largest absolute Gasteiger partial charge is 1.00 e. The van der Waals surface area contributed by atoms with E-state index in [1.165, 1.54) is 0 Å². The Hall–Kier alpha value is 2.29. The summed E-state index contributed by atoms with van der Waals surface area (Å²) < 4.78 is 19.6. The maximum atomic E-state index is 11.0. The molecule has 0 aliphatic rings. The van der Waals surface area contributed by atoms with Gasteiger partial charge in [-0.2, -0.15) is 0 Å². The van der Waals surface area contributed by atoms with Crippen LogP contribution in [-0.2, 0) is 9.13 Å². The van der Waals surface area contributed by atoms with E-state index in [0.717, 1.165) is 13.3 Å². The van der Waals surface area contributed by atoms with Crippen LogP contribution >= 0.6 is 27.0 Å². The van der Waals surface area contributed by atoms with Crippen molar-refractivity contribution in [1.29, 1.82) is 0 Å².